The molecule has 1 saturated carbocycles. The maximum Gasteiger partial charge on any atom is 0.357 e. The molecule has 1 aromatic heterocycles. The van der Waals surface area contributed by atoms with Crippen molar-refractivity contribution in [1.29, 1.82) is 0 Å². The van der Waals surface area contributed by atoms with Gasteiger partial charge in [0.2, 0.25) is 0 Å². The van der Waals surface area contributed by atoms with Crippen LogP contribution in [0.25, 0.3) is 10.9 Å². The van der Waals surface area contributed by atoms with Crippen molar-refractivity contribution >= 4 is 28.8 Å². The molecule has 3 rings (SSSR count). The number of carbonyl (C=O) groups excluding carboxylic acids is 3. The number of rotatable bonds is 4. The van der Waals surface area contributed by atoms with E-state index in [9.17, 15) is 14.4 Å². The topological polar surface area (TPSA) is 97.4 Å². The third kappa shape index (κ3) is 4.36. The van der Waals surface area contributed by atoms with Crippen LogP contribution in [0, 0.1) is 0 Å². The molecule has 1 aromatic carbocycles. The number of benzene rings is 1. The van der Waals surface area contributed by atoms with Gasteiger partial charge in [-0.2, -0.15) is 0 Å². The first-order valence-electron chi connectivity index (χ1n) is 8.71. The highest BCUT2D eigenvalue weighted by atomic mass is 16.5. The van der Waals surface area contributed by atoms with E-state index in [0.29, 0.717) is 5.52 Å². The third-order valence-corrected chi connectivity index (χ3v) is 4.39. The lowest BCUT2D eigenvalue weighted by molar-refractivity contribution is -0.127. The van der Waals surface area contributed by atoms with E-state index in [0.717, 1.165) is 31.1 Å². The first kappa shape index (κ1) is 17.8. The lowest BCUT2D eigenvalue weighted by Crippen LogP contribution is -2.47. The molecule has 1 heterocycles. The van der Waals surface area contributed by atoms with E-state index in [2.05, 4.69) is 15.6 Å². The van der Waals surface area contributed by atoms with Crippen LogP contribution in [-0.4, -0.2) is 35.0 Å². The van der Waals surface area contributed by atoms with Gasteiger partial charge in [-0.15, -0.1) is 0 Å². The molecule has 1 unspecified atom stereocenters. The summed E-state index contributed by atoms with van der Waals surface area (Å²) in [5.74, 6) is -1.38. The number of amides is 3. The van der Waals surface area contributed by atoms with Crippen molar-refractivity contribution in [2.45, 2.75) is 44.8 Å². The van der Waals surface area contributed by atoms with E-state index >= 15 is 0 Å². The number of nitrogens with zero attached hydrogens (tertiary/aromatic N) is 1. The number of imide groups is 1. The smallest absolute Gasteiger partial charge is 0.357 e. The van der Waals surface area contributed by atoms with E-state index in [4.69, 9.17) is 4.74 Å². The Morgan fingerprint density at radius 1 is 1.12 bits per heavy atom. The molecule has 7 heteroatoms. The molecule has 2 aromatic rings. The number of urea groups is 1. The van der Waals surface area contributed by atoms with E-state index in [-0.39, 0.29) is 11.7 Å². The minimum Gasteiger partial charge on any atom is -0.448 e. The van der Waals surface area contributed by atoms with Crippen LogP contribution in [0.4, 0.5) is 4.79 Å². The Kier molecular flexibility index (Phi) is 5.46. The molecule has 26 heavy (non-hydrogen) atoms. The fourth-order valence-electron chi connectivity index (χ4n) is 2.96. The quantitative estimate of drug-likeness (QED) is 0.822. The molecular weight excluding hydrogens is 334 g/mol. The van der Waals surface area contributed by atoms with E-state index < -0.39 is 24.0 Å². The number of ether oxygens (including phenoxy) is 1. The maximum atomic E-state index is 12.2. The molecule has 7 nitrogen and oxygen atoms in total. The summed E-state index contributed by atoms with van der Waals surface area (Å²) in [6.45, 7) is 1.41. The molecule has 0 bridgehead atoms. The number of aromatic nitrogens is 1. The van der Waals surface area contributed by atoms with Gasteiger partial charge in [0.1, 0.15) is 5.69 Å². The average Bonchev–Trinajstić information content (AvgIpc) is 3.13. The van der Waals surface area contributed by atoms with Gasteiger partial charge in [0, 0.05) is 11.4 Å². The summed E-state index contributed by atoms with van der Waals surface area (Å²) >= 11 is 0. The van der Waals surface area contributed by atoms with Crippen LogP contribution in [0.3, 0.4) is 0 Å². The van der Waals surface area contributed by atoms with Crippen LogP contribution in [-0.2, 0) is 9.53 Å². The second-order valence-electron chi connectivity index (χ2n) is 6.38. The van der Waals surface area contributed by atoms with Gasteiger partial charge in [0.25, 0.3) is 5.91 Å². The van der Waals surface area contributed by atoms with E-state index in [1.54, 1.807) is 18.2 Å². The largest absolute Gasteiger partial charge is 0.448 e. The minimum absolute atomic E-state index is 0.0995. The number of fused-ring (bicyclic) bond motifs is 1. The molecule has 136 valence electrons. The van der Waals surface area contributed by atoms with Gasteiger partial charge in [0.15, 0.2) is 6.10 Å². The molecule has 3 amide bonds. The highest BCUT2D eigenvalue weighted by Gasteiger charge is 2.23. The van der Waals surface area contributed by atoms with Gasteiger partial charge >= 0.3 is 12.0 Å². The minimum atomic E-state index is -1.11. The zero-order chi connectivity index (χ0) is 18.5. The number of pyridine rings is 1. The van der Waals surface area contributed by atoms with Gasteiger partial charge in [0.05, 0.1) is 5.52 Å². The van der Waals surface area contributed by atoms with E-state index in [1.165, 1.54) is 6.92 Å². The van der Waals surface area contributed by atoms with Crippen molar-refractivity contribution in [3.8, 4) is 0 Å². The van der Waals surface area contributed by atoms with Crippen LogP contribution in [0.15, 0.2) is 36.4 Å². The summed E-state index contributed by atoms with van der Waals surface area (Å²) in [5, 5.41) is 5.85. The molecule has 1 aliphatic carbocycles. The van der Waals surface area contributed by atoms with Crippen molar-refractivity contribution in [2.75, 3.05) is 0 Å². The molecule has 1 atom stereocenters. The van der Waals surface area contributed by atoms with Crippen LogP contribution in [0.5, 0.6) is 0 Å². The molecule has 2 N–H and O–H groups in total. The lowest BCUT2D eigenvalue weighted by Gasteiger charge is -2.15. The second-order valence-corrected chi connectivity index (χ2v) is 6.38. The SMILES string of the molecule is CC(OC(=O)c1ccc2ccccc2n1)C(=O)NC(=O)NC1CCCC1. The third-order valence-electron chi connectivity index (χ3n) is 4.39. The highest BCUT2D eigenvalue weighted by Crippen LogP contribution is 2.17. The Bertz CT molecular complexity index is 830. The average molecular weight is 355 g/mol. The summed E-state index contributed by atoms with van der Waals surface area (Å²) in [5.41, 5.74) is 0.772. The number of hydrogen-bond acceptors (Lipinski definition) is 5. The van der Waals surface area contributed by atoms with Crippen molar-refractivity contribution in [3.05, 3.63) is 42.1 Å². The van der Waals surface area contributed by atoms with E-state index in [1.807, 2.05) is 18.2 Å². The van der Waals surface area contributed by atoms with Gasteiger partial charge in [-0.3, -0.25) is 10.1 Å². The molecule has 0 aliphatic heterocycles. The maximum absolute atomic E-state index is 12.2. The standard InChI is InChI=1S/C19H21N3O4/c1-12(17(23)22-19(25)20-14-7-3-4-8-14)26-18(24)16-11-10-13-6-2-5-9-15(13)21-16/h2,5-6,9-12,14H,3-4,7-8H2,1H3,(H2,20,22,23,25). The van der Waals surface area contributed by atoms with Crippen LogP contribution < -0.4 is 10.6 Å². The number of para-hydroxylation sites is 1. The number of esters is 1. The molecule has 0 radical (unpaired) electrons. The van der Waals surface area contributed by atoms with Crippen molar-refractivity contribution in [3.63, 3.8) is 0 Å². The zero-order valence-electron chi connectivity index (χ0n) is 14.5. The Labute approximate surface area is 151 Å². The highest BCUT2D eigenvalue weighted by molar-refractivity contribution is 5.98. The summed E-state index contributed by atoms with van der Waals surface area (Å²) < 4.78 is 5.12. The Morgan fingerprint density at radius 2 is 1.85 bits per heavy atom. The number of nitrogens with one attached hydrogen (secondary N) is 2. The number of hydrogen-bond donors (Lipinski definition) is 2. The summed E-state index contributed by atoms with van der Waals surface area (Å²) in [6.07, 6.45) is 2.88. The van der Waals surface area contributed by atoms with Gasteiger partial charge in [-0.1, -0.05) is 37.1 Å². The summed E-state index contributed by atoms with van der Waals surface area (Å²) in [7, 11) is 0. The monoisotopic (exact) mass is 355 g/mol. The zero-order valence-corrected chi connectivity index (χ0v) is 14.5. The summed E-state index contributed by atoms with van der Waals surface area (Å²) in [4.78, 5) is 40.3. The predicted molar refractivity (Wildman–Crippen MR) is 95.6 cm³/mol. The lowest BCUT2D eigenvalue weighted by atomic mass is 10.2. The normalized spacial score (nSPS) is 15.4. The molecule has 1 aliphatic rings. The van der Waals surface area contributed by atoms with Crippen molar-refractivity contribution in [1.82, 2.24) is 15.6 Å². The van der Waals surface area contributed by atoms with Gasteiger partial charge in [-0.05, 0) is 31.9 Å². The second kappa shape index (κ2) is 7.95. The first-order valence-corrected chi connectivity index (χ1v) is 8.71. The van der Waals surface area contributed by atoms with Gasteiger partial charge < -0.3 is 10.1 Å². The van der Waals surface area contributed by atoms with Crippen LogP contribution in [0.1, 0.15) is 43.1 Å². The number of carbonyl (C=O) groups is 3. The summed E-state index contributed by atoms with van der Waals surface area (Å²) in [6, 6.07) is 10.2. The molecule has 0 spiro atoms. The fourth-order valence-corrected chi connectivity index (χ4v) is 2.96. The Morgan fingerprint density at radius 3 is 2.62 bits per heavy atom. The molecule has 0 saturated heterocycles. The Balaban J connectivity index is 1.55. The van der Waals surface area contributed by atoms with Crippen molar-refractivity contribution in [2.24, 2.45) is 0 Å². The fraction of sp³-hybridized carbons (Fsp3) is 0.368. The van der Waals surface area contributed by atoms with Crippen molar-refractivity contribution < 1.29 is 19.1 Å². The first-order chi connectivity index (χ1) is 12.5. The van der Waals surface area contributed by atoms with Crippen LogP contribution in [0.2, 0.25) is 0 Å². The Hall–Kier alpha value is -2.96. The molecule has 1 fully saturated rings. The predicted octanol–water partition coefficient (Wildman–Crippen LogP) is 2.55. The van der Waals surface area contributed by atoms with Crippen LogP contribution >= 0.6 is 0 Å². The molecular formula is C19H21N3O4. The van der Waals surface area contributed by atoms with Gasteiger partial charge in [-0.25, -0.2) is 14.6 Å².